The third-order valence-electron chi connectivity index (χ3n) is 4.19. The van der Waals surface area contributed by atoms with Crippen LogP contribution in [0.3, 0.4) is 0 Å². The summed E-state index contributed by atoms with van der Waals surface area (Å²) in [4.78, 5) is 11.5. The van der Waals surface area contributed by atoms with Gasteiger partial charge in [-0.3, -0.25) is 0 Å². The minimum absolute atomic E-state index is 0.264. The molecular weight excluding hydrogens is 254 g/mol. The number of rotatable bonds is 4. The van der Waals surface area contributed by atoms with Crippen molar-refractivity contribution in [3.63, 3.8) is 0 Å². The van der Waals surface area contributed by atoms with Crippen LogP contribution in [0.15, 0.2) is 24.3 Å². The first kappa shape index (κ1) is 15.0. The van der Waals surface area contributed by atoms with Crippen molar-refractivity contribution in [3.05, 3.63) is 35.4 Å². The second-order valence-electron chi connectivity index (χ2n) is 5.53. The number of hydrogen-bond donors (Lipinski definition) is 2. The summed E-state index contributed by atoms with van der Waals surface area (Å²) in [6.07, 6.45) is 5.09. The summed E-state index contributed by atoms with van der Waals surface area (Å²) in [5.74, 6) is -0.119. The van der Waals surface area contributed by atoms with Crippen molar-refractivity contribution < 1.29 is 14.6 Å². The number of carbonyl (C=O) groups excluding carboxylic acids is 1. The highest BCUT2D eigenvalue weighted by Gasteiger charge is 2.27. The number of benzene rings is 1. The zero-order valence-electron chi connectivity index (χ0n) is 11.9. The summed E-state index contributed by atoms with van der Waals surface area (Å²) in [5.41, 5.74) is 7.43. The number of ether oxygens (including phenoxy) is 1. The van der Waals surface area contributed by atoms with Crippen molar-refractivity contribution in [1.82, 2.24) is 0 Å². The predicted molar refractivity (Wildman–Crippen MR) is 77.3 cm³/mol. The van der Waals surface area contributed by atoms with Gasteiger partial charge in [0.15, 0.2) is 0 Å². The Bertz CT molecular complexity index is 455. The Labute approximate surface area is 119 Å². The normalized spacial score (nSPS) is 19.4. The first-order valence-electron chi connectivity index (χ1n) is 7.25. The van der Waals surface area contributed by atoms with Crippen molar-refractivity contribution in [1.29, 1.82) is 0 Å². The summed E-state index contributed by atoms with van der Waals surface area (Å²) in [6.45, 7) is 0. The molecule has 3 N–H and O–H groups in total. The van der Waals surface area contributed by atoms with Gasteiger partial charge in [0.25, 0.3) is 0 Å². The third kappa shape index (κ3) is 3.38. The van der Waals surface area contributed by atoms with Crippen LogP contribution in [0.4, 0.5) is 0 Å². The van der Waals surface area contributed by atoms with Crippen LogP contribution in [0, 0.1) is 5.92 Å². The molecule has 0 bridgehead atoms. The van der Waals surface area contributed by atoms with Gasteiger partial charge in [0.1, 0.15) is 0 Å². The van der Waals surface area contributed by atoms with Gasteiger partial charge in [-0.1, -0.05) is 31.4 Å². The summed E-state index contributed by atoms with van der Waals surface area (Å²) in [6, 6.07) is 6.57. The van der Waals surface area contributed by atoms with Crippen LogP contribution in [-0.2, 0) is 4.74 Å². The Hall–Kier alpha value is -1.39. The van der Waals surface area contributed by atoms with E-state index in [1.54, 1.807) is 18.2 Å². The molecule has 0 spiro atoms. The first-order valence-corrected chi connectivity index (χ1v) is 7.25. The van der Waals surface area contributed by atoms with Crippen LogP contribution >= 0.6 is 0 Å². The van der Waals surface area contributed by atoms with Gasteiger partial charge in [0, 0.05) is 0 Å². The lowest BCUT2D eigenvalue weighted by molar-refractivity contribution is 0.0590. The third-order valence-corrected chi connectivity index (χ3v) is 4.19. The molecule has 1 saturated carbocycles. The number of aliphatic hydroxyl groups is 1. The molecule has 0 heterocycles. The Morgan fingerprint density at radius 1 is 1.35 bits per heavy atom. The maximum absolute atomic E-state index is 11.5. The first-order chi connectivity index (χ1) is 9.63. The molecule has 20 heavy (non-hydrogen) atoms. The molecular formula is C16H23NO3. The average molecular weight is 277 g/mol. The largest absolute Gasteiger partial charge is 0.465 e. The molecule has 0 aliphatic heterocycles. The van der Waals surface area contributed by atoms with E-state index in [0.29, 0.717) is 5.56 Å². The van der Waals surface area contributed by atoms with Crippen molar-refractivity contribution in [2.75, 3.05) is 7.11 Å². The maximum Gasteiger partial charge on any atom is 0.337 e. The number of hydrogen-bond acceptors (Lipinski definition) is 4. The fourth-order valence-electron chi connectivity index (χ4n) is 2.96. The number of aliphatic hydroxyl groups excluding tert-OH is 1. The Morgan fingerprint density at radius 3 is 2.70 bits per heavy atom. The fraction of sp³-hybridized carbons (Fsp3) is 0.562. The highest BCUT2D eigenvalue weighted by atomic mass is 16.5. The van der Waals surface area contributed by atoms with E-state index in [2.05, 4.69) is 0 Å². The van der Waals surface area contributed by atoms with Gasteiger partial charge in [-0.15, -0.1) is 0 Å². The van der Waals surface area contributed by atoms with Crippen LogP contribution < -0.4 is 5.73 Å². The van der Waals surface area contributed by atoms with Crippen molar-refractivity contribution in [2.45, 2.75) is 44.2 Å². The standard InChI is InChI=1S/C16H23NO3/c1-20-16(19)13-9-5-8-12(10-13)14(17)15(18)11-6-3-2-4-7-11/h5,8-11,14-15,18H,2-4,6-7,17H2,1H3/t14-,15+/m0/s1. The van der Waals surface area contributed by atoms with Crippen LogP contribution in [0.25, 0.3) is 0 Å². The minimum atomic E-state index is -0.553. The van der Waals surface area contributed by atoms with Gasteiger partial charge in [-0.05, 0) is 36.5 Å². The SMILES string of the molecule is COC(=O)c1cccc([C@H](N)[C@H](O)C2CCCCC2)c1. The van der Waals surface area contributed by atoms with E-state index in [9.17, 15) is 9.90 Å². The molecule has 4 nitrogen and oxygen atoms in total. The molecule has 110 valence electrons. The van der Waals surface area contributed by atoms with E-state index in [1.165, 1.54) is 13.5 Å². The van der Waals surface area contributed by atoms with E-state index >= 15 is 0 Å². The van der Waals surface area contributed by atoms with Crippen LogP contribution in [0.1, 0.15) is 54.1 Å². The van der Waals surface area contributed by atoms with Crippen LogP contribution in [0.2, 0.25) is 0 Å². The van der Waals surface area contributed by atoms with Crippen LogP contribution in [-0.4, -0.2) is 24.3 Å². The number of nitrogens with two attached hydrogens (primary N) is 1. The van der Waals surface area contributed by atoms with E-state index < -0.39 is 12.1 Å². The molecule has 2 atom stereocenters. The van der Waals surface area contributed by atoms with Gasteiger partial charge in [0.2, 0.25) is 0 Å². The minimum Gasteiger partial charge on any atom is -0.465 e. The van der Waals surface area contributed by atoms with Crippen molar-refractivity contribution in [2.24, 2.45) is 11.7 Å². The maximum atomic E-state index is 11.5. The van der Waals surface area contributed by atoms with E-state index in [0.717, 1.165) is 31.2 Å². The summed E-state index contributed by atoms with van der Waals surface area (Å²) in [7, 11) is 1.35. The second-order valence-corrected chi connectivity index (χ2v) is 5.53. The average Bonchev–Trinajstić information content (AvgIpc) is 2.53. The highest BCUT2D eigenvalue weighted by Crippen LogP contribution is 2.31. The number of methoxy groups -OCH3 is 1. The fourth-order valence-corrected chi connectivity index (χ4v) is 2.96. The summed E-state index contributed by atoms with van der Waals surface area (Å²) in [5, 5.41) is 10.4. The molecule has 1 aliphatic rings. The monoisotopic (exact) mass is 277 g/mol. The van der Waals surface area contributed by atoms with E-state index in [1.807, 2.05) is 6.07 Å². The van der Waals surface area contributed by atoms with Gasteiger partial charge in [-0.2, -0.15) is 0 Å². The highest BCUT2D eigenvalue weighted by molar-refractivity contribution is 5.89. The summed E-state index contributed by atoms with van der Waals surface area (Å²) < 4.78 is 4.71. The Kier molecular flexibility index (Phi) is 5.15. The zero-order valence-corrected chi connectivity index (χ0v) is 11.9. The molecule has 0 radical (unpaired) electrons. The van der Waals surface area contributed by atoms with Gasteiger partial charge in [-0.25, -0.2) is 4.79 Å². The molecule has 4 heteroatoms. The molecule has 1 fully saturated rings. The smallest absolute Gasteiger partial charge is 0.337 e. The molecule has 1 aliphatic carbocycles. The predicted octanol–water partition coefficient (Wildman–Crippen LogP) is 2.41. The number of carbonyl (C=O) groups is 1. The Morgan fingerprint density at radius 2 is 2.05 bits per heavy atom. The second kappa shape index (κ2) is 6.86. The lowest BCUT2D eigenvalue weighted by atomic mass is 9.81. The number of esters is 1. The molecule has 0 aromatic heterocycles. The van der Waals surface area contributed by atoms with Crippen molar-refractivity contribution in [3.8, 4) is 0 Å². The molecule has 1 aromatic carbocycles. The zero-order chi connectivity index (χ0) is 14.5. The molecule has 2 rings (SSSR count). The summed E-state index contributed by atoms with van der Waals surface area (Å²) >= 11 is 0. The van der Waals surface area contributed by atoms with E-state index in [4.69, 9.17) is 10.5 Å². The lowest BCUT2D eigenvalue weighted by Gasteiger charge is -2.30. The van der Waals surface area contributed by atoms with Gasteiger partial charge < -0.3 is 15.6 Å². The van der Waals surface area contributed by atoms with E-state index in [-0.39, 0.29) is 11.9 Å². The molecule has 0 amide bonds. The van der Waals surface area contributed by atoms with Gasteiger partial charge >= 0.3 is 5.97 Å². The lowest BCUT2D eigenvalue weighted by Crippen LogP contribution is -2.34. The molecule has 1 aromatic rings. The van der Waals surface area contributed by atoms with Crippen LogP contribution in [0.5, 0.6) is 0 Å². The molecule has 0 unspecified atom stereocenters. The Balaban J connectivity index is 2.11. The molecule has 0 saturated heterocycles. The topological polar surface area (TPSA) is 72.5 Å². The quantitative estimate of drug-likeness (QED) is 0.829. The van der Waals surface area contributed by atoms with Crippen molar-refractivity contribution >= 4 is 5.97 Å². The van der Waals surface area contributed by atoms with Gasteiger partial charge in [0.05, 0.1) is 24.8 Å².